The molecule has 3 aromatic rings. The first-order chi connectivity index (χ1) is 13.6. The predicted molar refractivity (Wildman–Crippen MR) is 93.5 cm³/mol. The molecule has 10 heteroatoms. The minimum Gasteiger partial charge on any atom is -0.445 e. The van der Waals surface area contributed by atoms with Crippen molar-refractivity contribution >= 4 is 17.3 Å². The monoisotopic (exact) mass is 389 g/mol. The van der Waals surface area contributed by atoms with Gasteiger partial charge in [0, 0.05) is 12.1 Å². The lowest BCUT2D eigenvalue weighted by Gasteiger charge is -2.31. The molecule has 1 atom stereocenters. The Morgan fingerprint density at radius 1 is 1.36 bits per heavy atom. The zero-order chi connectivity index (χ0) is 19.5. The molecular weight excluding hydrogens is 372 g/mol. The molecule has 0 aliphatic carbocycles. The molecule has 1 saturated heterocycles. The smallest absolute Gasteiger partial charge is 0.410 e. The molecule has 1 aliphatic heterocycles. The first kappa shape index (κ1) is 18.2. The van der Waals surface area contributed by atoms with Crippen LogP contribution in [-0.2, 0) is 16.1 Å². The molecule has 0 bridgehead atoms. The number of nitrogens with one attached hydrogen (secondary N) is 1. The number of alkyl halides is 2. The molecule has 1 amide bonds. The summed E-state index contributed by atoms with van der Waals surface area (Å²) in [4.78, 5) is 29.4. The number of imidazole rings is 1. The number of carbonyl (C=O) groups excluding carboxylic acids is 1. The molecule has 3 heterocycles. The van der Waals surface area contributed by atoms with E-state index in [1.807, 2.05) is 0 Å². The van der Waals surface area contributed by atoms with Crippen LogP contribution in [0, 0.1) is 0 Å². The summed E-state index contributed by atoms with van der Waals surface area (Å²) in [6.07, 6.45) is -0.436. The van der Waals surface area contributed by atoms with Crippen LogP contribution in [0.3, 0.4) is 0 Å². The number of rotatable bonds is 4. The van der Waals surface area contributed by atoms with Crippen LogP contribution in [0.4, 0.5) is 13.6 Å². The highest BCUT2D eigenvalue weighted by atomic mass is 19.3. The van der Waals surface area contributed by atoms with Crippen LogP contribution in [0.15, 0.2) is 36.8 Å². The Morgan fingerprint density at radius 2 is 2.18 bits per heavy atom. The van der Waals surface area contributed by atoms with Gasteiger partial charge in [0.1, 0.15) is 30.4 Å². The normalized spacial score (nSPS) is 17.2. The molecule has 0 radical (unpaired) electrons. The van der Waals surface area contributed by atoms with E-state index in [4.69, 9.17) is 9.47 Å². The van der Waals surface area contributed by atoms with E-state index in [2.05, 4.69) is 19.9 Å². The Labute approximate surface area is 158 Å². The molecule has 2 aromatic heterocycles. The molecule has 0 saturated carbocycles. The molecule has 1 N–H and O–H groups in total. The van der Waals surface area contributed by atoms with Crippen molar-refractivity contribution in [2.24, 2.45) is 0 Å². The van der Waals surface area contributed by atoms with Crippen molar-refractivity contribution < 1.29 is 23.0 Å². The van der Waals surface area contributed by atoms with Crippen LogP contribution >= 0.6 is 0 Å². The van der Waals surface area contributed by atoms with Gasteiger partial charge in [0.25, 0.3) is 6.43 Å². The summed E-state index contributed by atoms with van der Waals surface area (Å²) < 4.78 is 36.2. The number of aromatic nitrogens is 4. The van der Waals surface area contributed by atoms with E-state index in [1.54, 1.807) is 6.20 Å². The second-order valence-electron chi connectivity index (χ2n) is 6.28. The highest BCUT2D eigenvalue weighted by Crippen LogP contribution is 2.23. The third-order valence-electron chi connectivity index (χ3n) is 4.40. The summed E-state index contributed by atoms with van der Waals surface area (Å²) in [5.74, 6) is 0.565. The molecule has 8 nitrogen and oxygen atoms in total. The average Bonchev–Trinajstić information content (AvgIpc) is 3.17. The number of ether oxygens (including phenoxy) is 2. The summed E-state index contributed by atoms with van der Waals surface area (Å²) in [5.41, 5.74) is 1.79. The summed E-state index contributed by atoms with van der Waals surface area (Å²) >= 11 is 0. The molecule has 0 unspecified atom stereocenters. The SMILES string of the molecule is O=C(OCc1ccc(C(F)F)cc1)N1CCO[C@H](c2nc3cncnc3[nH]2)C1. The zero-order valence-electron chi connectivity index (χ0n) is 14.7. The van der Waals surface area contributed by atoms with Gasteiger partial charge >= 0.3 is 6.09 Å². The molecule has 146 valence electrons. The zero-order valence-corrected chi connectivity index (χ0v) is 14.7. The maximum Gasteiger partial charge on any atom is 0.410 e. The van der Waals surface area contributed by atoms with Gasteiger partial charge in [-0.1, -0.05) is 24.3 Å². The standard InChI is InChI=1S/C18H17F2N5O3/c19-15(20)12-3-1-11(2-4-12)9-28-18(26)25-5-6-27-14(8-25)17-23-13-7-21-10-22-16(13)24-17/h1-4,7,10,14-15H,5-6,8-9H2,(H,21,22,23,24)/t14-/m0/s1. The van der Waals surface area contributed by atoms with Gasteiger partial charge in [-0.3, -0.25) is 0 Å². The number of amides is 1. The molecule has 4 rings (SSSR count). The van der Waals surface area contributed by atoms with Gasteiger partial charge in [0.2, 0.25) is 0 Å². The van der Waals surface area contributed by atoms with Gasteiger partial charge in [-0.05, 0) is 5.56 Å². The number of hydrogen-bond donors (Lipinski definition) is 1. The van der Waals surface area contributed by atoms with Crippen LogP contribution in [-0.4, -0.2) is 50.6 Å². The van der Waals surface area contributed by atoms with Gasteiger partial charge in [-0.15, -0.1) is 0 Å². The quantitative estimate of drug-likeness (QED) is 0.737. The van der Waals surface area contributed by atoms with Crippen molar-refractivity contribution in [2.75, 3.05) is 19.7 Å². The lowest BCUT2D eigenvalue weighted by atomic mass is 10.1. The number of halogens is 2. The Balaban J connectivity index is 1.36. The third-order valence-corrected chi connectivity index (χ3v) is 4.40. The fraction of sp³-hybridized carbons (Fsp3) is 0.333. The largest absolute Gasteiger partial charge is 0.445 e. The van der Waals surface area contributed by atoms with Crippen LogP contribution in [0.2, 0.25) is 0 Å². The number of nitrogens with zero attached hydrogens (tertiary/aromatic N) is 4. The number of aromatic amines is 1. The van der Waals surface area contributed by atoms with Gasteiger partial charge in [0.15, 0.2) is 5.65 Å². The van der Waals surface area contributed by atoms with Crippen LogP contribution in [0.1, 0.15) is 29.5 Å². The number of fused-ring (bicyclic) bond motifs is 1. The van der Waals surface area contributed by atoms with Crippen LogP contribution < -0.4 is 0 Å². The van der Waals surface area contributed by atoms with E-state index in [9.17, 15) is 13.6 Å². The van der Waals surface area contributed by atoms with E-state index < -0.39 is 18.6 Å². The van der Waals surface area contributed by atoms with Crippen molar-refractivity contribution in [1.82, 2.24) is 24.8 Å². The summed E-state index contributed by atoms with van der Waals surface area (Å²) in [6, 6.07) is 5.69. The fourth-order valence-electron chi connectivity index (χ4n) is 2.91. The number of benzene rings is 1. The first-order valence-electron chi connectivity index (χ1n) is 8.66. The van der Waals surface area contributed by atoms with E-state index >= 15 is 0 Å². The van der Waals surface area contributed by atoms with Gasteiger partial charge < -0.3 is 19.4 Å². The number of H-pyrrole nitrogens is 1. The minimum atomic E-state index is -2.52. The van der Waals surface area contributed by atoms with E-state index in [1.165, 1.54) is 35.5 Å². The number of morpholine rings is 1. The highest BCUT2D eigenvalue weighted by Gasteiger charge is 2.28. The Hall–Kier alpha value is -3.14. The van der Waals surface area contributed by atoms with Crippen molar-refractivity contribution in [3.63, 3.8) is 0 Å². The van der Waals surface area contributed by atoms with E-state index in [0.29, 0.717) is 35.7 Å². The fourth-order valence-corrected chi connectivity index (χ4v) is 2.91. The summed E-state index contributed by atoms with van der Waals surface area (Å²) in [7, 11) is 0. The third kappa shape index (κ3) is 3.91. The van der Waals surface area contributed by atoms with Crippen molar-refractivity contribution in [3.8, 4) is 0 Å². The lowest BCUT2D eigenvalue weighted by molar-refractivity contribution is -0.0330. The topological polar surface area (TPSA) is 93.2 Å². The Morgan fingerprint density at radius 3 is 2.93 bits per heavy atom. The first-order valence-corrected chi connectivity index (χ1v) is 8.66. The molecule has 0 spiro atoms. The second kappa shape index (κ2) is 7.85. The number of hydrogen-bond acceptors (Lipinski definition) is 6. The van der Waals surface area contributed by atoms with Crippen molar-refractivity contribution in [3.05, 3.63) is 53.7 Å². The van der Waals surface area contributed by atoms with Gasteiger partial charge in [-0.25, -0.2) is 28.5 Å². The van der Waals surface area contributed by atoms with Crippen molar-refractivity contribution in [1.29, 1.82) is 0 Å². The Bertz CT molecular complexity index is 930. The molecule has 28 heavy (non-hydrogen) atoms. The van der Waals surface area contributed by atoms with Gasteiger partial charge in [-0.2, -0.15) is 0 Å². The van der Waals surface area contributed by atoms with E-state index in [0.717, 1.165) is 0 Å². The maximum absolute atomic E-state index is 12.6. The molecule has 1 aliphatic rings. The van der Waals surface area contributed by atoms with Crippen LogP contribution in [0.25, 0.3) is 11.2 Å². The highest BCUT2D eigenvalue weighted by molar-refractivity contribution is 5.69. The van der Waals surface area contributed by atoms with Crippen molar-refractivity contribution in [2.45, 2.75) is 19.1 Å². The number of carbonyl (C=O) groups is 1. The summed E-state index contributed by atoms with van der Waals surface area (Å²) in [5, 5.41) is 0. The molecule has 1 aromatic carbocycles. The Kier molecular flexibility index (Phi) is 5.11. The average molecular weight is 389 g/mol. The molecule has 1 fully saturated rings. The maximum atomic E-state index is 12.6. The van der Waals surface area contributed by atoms with Gasteiger partial charge in [0.05, 0.1) is 19.3 Å². The van der Waals surface area contributed by atoms with Crippen LogP contribution in [0.5, 0.6) is 0 Å². The van der Waals surface area contributed by atoms with E-state index in [-0.39, 0.29) is 18.7 Å². The predicted octanol–water partition coefficient (Wildman–Crippen LogP) is 3.00. The minimum absolute atomic E-state index is 0.00457. The summed E-state index contributed by atoms with van der Waals surface area (Å²) in [6.45, 7) is 1.01. The second-order valence-corrected chi connectivity index (χ2v) is 6.28. The molecular formula is C18H17F2N5O3. The lowest BCUT2D eigenvalue weighted by Crippen LogP contribution is -2.42.